The molecule has 0 unspecified atom stereocenters. The summed E-state index contributed by atoms with van der Waals surface area (Å²) >= 11 is 3.31. The number of carbonyl (C=O) groups is 1. The molecule has 2 rings (SSSR count). The second-order valence-corrected chi connectivity index (χ2v) is 4.35. The molecule has 0 aliphatic heterocycles. The molecule has 0 saturated heterocycles. The highest BCUT2D eigenvalue weighted by molar-refractivity contribution is 9.10. The Morgan fingerprint density at radius 2 is 2.00 bits per heavy atom. The number of aromatic nitrogens is 1. The standard InChI is InChI=1S/C13H8BrN3O/c14-11-7-9(8-15)1-2-12(11)17-13(18)10-3-5-16-6-4-10/h1-7H,(H,17,18). The van der Waals surface area contributed by atoms with Gasteiger partial charge in [0, 0.05) is 22.4 Å². The summed E-state index contributed by atoms with van der Waals surface area (Å²) in [6, 6.07) is 10.3. The lowest BCUT2D eigenvalue weighted by atomic mass is 10.2. The molecule has 0 aliphatic rings. The van der Waals surface area contributed by atoms with Gasteiger partial charge in [0.05, 0.1) is 17.3 Å². The van der Waals surface area contributed by atoms with E-state index < -0.39 is 0 Å². The topological polar surface area (TPSA) is 65.8 Å². The number of halogens is 1. The van der Waals surface area contributed by atoms with Gasteiger partial charge in [-0.2, -0.15) is 5.26 Å². The maximum absolute atomic E-state index is 11.9. The lowest BCUT2D eigenvalue weighted by Gasteiger charge is -2.07. The molecule has 1 amide bonds. The fourth-order valence-electron chi connectivity index (χ4n) is 1.38. The minimum Gasteiger partial charge on any atom is -0.321 e. The van der Waals surface area contributed by atoms with Crippen molar-refractivity contribution < 1.29 is 4.79 Å². The molecule has 0 spiro atoms. The van der Waals surface area contributed by atoms with Crippen molar-refractivity contribution >= 4 is 27.5 Å². The Hall–Kier alpha value is -2.19. The van der Waals surface area contributed by atoms with Gasteiger partial charge < -0.3 is 5.32 Å². The summed E-state index contributed by atoms with van der Waals surface area (Å²) < 4.78 is 0.670. The Morgan fingerprint density at radius 1 is 1.28 bits per heavy atom. The Balaban J connectivity index is 2.20. The Kier molecular flexibility index (Phi) is 3.70. The number of anilines is 1. The van der Waals surface area contributed by atoms with Crippen molar-refractivity contribution in [3.63, 3.8) is 0 Å². The van der Waals surface area contributed by atoms with Crippen LogP contribution in [0.25, 0.3) is 0 Å². The lowest BCUT2D eigenvalue weighted by molar-refractivity contribution is 0.102. The van der Waals surface area contributed by atoms with Gasteiger partial charge in [0.25, 0.3) is 5.91 Å². The molecule has 1 aromatic carbocycles. The maximum atomic E-state index is 11.9. The van der Waals surface area contributed by atoms with Crippen LogP contribution in [0.15, 0.2) is 47.2 Å². The van der Waals surface area contributed by atoms with Crippen LogP contribution < -0.4 is 5.32 Å². The maximum Gasteiger partial charge on any atom is 0.255 e. The molecular weight excluding hydrogens is 294 g/mol. The number of hydrogen-bond acceptors (Lipinski definition) is 3. The van der Waals surface area contributed by atoms with Gasteiger partial charge in [-0.05, 0) is 46.3 Å². The van der Waals surface area contributed by atoms with Crippen LogP contribution in [0, 0.1) is 11.3 Å². The van der Waals surface area contributed by atoms with E-state index in [1.165, 1.54) is 0 Å². The molecule has 0 atom stereocenters. The fourth-order valence-corrected chi connectivity index (χ4v) is 1.86. The highest BCUT2D eigenvalue weighted by atomic mass is 79.9. The van der Waals surface area contributed by atoms with E-state index in [4.69, 9.17) is 5.26 Å². The Labute approximate surface area is 112 Å². The third-order valence-electron chi connectivity index (χ3n) is 2.29. The molecule has 2 aromatic rings. The quantitative estimate of drug-likeness (QED) is 0.927. The zero-order chi connectivity index (χ0) is 13.0. The number of nitrogens with one attached hydrogen (secondary N) is 1. The van der Waals surface area contributed by atoms with Crippen LogP contribution in [-0.4, -0.2) is 10.9 Å². The summed E-state index contributed by atoms with van der Waals surface area (Å²) in [5, 5.41) is 11.5. The number of pyridine rings is 1. The van der Waals surface area contributed by atoms with Gasteiger partial charge in [0.1, 0.15) is 0 Å². The van der Waals surface area contributed by atoms with E-state index >= 15 is 0 Å². The van der Waals surface area contributed by atoms with Gasteiger partial charge in [-0.3, -0.25) is 9.78 Å². The van der Waals surface area contributed by atoms with Crippen LogP contribution in [0.3, 0.4) is 0 Å². The molecule has 18 heavy (non-hydrogen) atoms. The molecule has 0 fully saturated rings. The largest absolute Gasteiger partial charge is 0.321 e. The van der Waals surface area contributed by atoms with Crippen molar-refractivity contribution in [3.8, 4) is 6.07 Å². The van der Waals surface area contributed by atoms with Gasteiger partial charge in [-0.25, -0.2) is 0 Å². The molecule has 5 heteroatoms. The molecular formula is C13H8BrN3O. The van der Waals surface area contributed by atoms with Crippen LogP contribution in [0.1, 0.15) is 15.9 Å². The summed E-state index contributed by atoms with van der Waals surface area (Å²) in [4.78, 5) is 15.7. The predicted molar refractivity (Wildman–Crippen MR) is 71.0 cm³/mol. The van der Waals surface area contributed by atoms with Crippen molar-refractivity contribution in [2.24, 2.45) is 0 Å². The molecule has 1 N–H and O–H groups in total. The molecule has 1 aromatic heterocycles. The first-order valence-corrected chi connectivity index (χ1v) is 5.91. The van der Waals surface area contributed by atoms with Crippen LogP contribution in [0.4, 0.5) is 5.69 Å². The van der Waals surface area contributed by atoms with Gasteiger partial charge in [-0.1, -0.05) is 0 Å². The van der Waals surface area contributed by atoms with Crippen molar-refractivity contribution in [2.45, 2.75) is 0 Å². The van der Waals surface area contributed by atoms with Gasteiger partial charge in [0.2, 0.25) is 0 Å². The van der Waals surface area contributed by atoms with Gasteiger partial charge >= 0.3 is 0 Å². The molecule has 0 saturated carbocycles. The van der Waals surface area contributed by atoms with E-state index in [9.17, 15) is 4.79 Å². The molecule has 0 bridgehead atoms. The molecule has 4 nitrogen and oxygen atoms in total. The normalized spacial score (nSPS) is 9.56. The van der Waals surface area contributed by atoms with E-state index in [1.54, 1.807) is 42.7 Å². The summed E-state index contributed by atoms with van der Waals surface area (Å²) in [5.41, 5.74) is 1.68. The van der Waals surface area contributed by atoms with E-state index in [2.05, 4.69) is 26.2 Å². The zero-order valence-electron chi connectivity index (χ0n) is 9.22. The minimum absolute atomic E-state index is 0.220. The van der Waals surface area contributed by atoms with Crippen LogP contribution in [-0.2, 0) is 0 Å². The smallest absolute Gasteiger partial charge is 0.255 e. The SMILES string of the molecule is N#Cc1ccc(NC(=O)c2ccncc2)c(Br)c1. The van der Waals surface area contributed by atoms with E-state index in [0.29, 0.717) is 21.3 Å². The summed E-state index contributed by atoms with van der Waals surface area (Å²) in [6.45, 7) is 0. The number of rotatable bonds is 2. The number of nitrogens with zero attached hydrogens (tertiary/aromatic N) is 2. The predicted octanol–water partition coefficient (Wildman–Crippen LogP) is 2.97. The van der Waals surface area contributed by atoms with Gasteiger partial charge in [-0.15, -0.1) is 0 Å². The van der Waals surface area contributed by atoms with E-state index in [1.807, 2.05) is 6.07 Å². The Morgan fingerprint density at radius 3 is 2.61 bits per heavy atom. The molecule has 88 valence electrons. The second kappa shape index (κ2) is 5.43. The van der Waals surface area contributed by atoms with Crippen molar-refractivity contribution in [3.05, 3.63) is 58.3 Å². The van der Waals surface area contributed by atoms with Crippen molar-refractivity contribution in [2.75, 3.05) is 5.32 Å². The third-order valence-corrected chi connectivity index (χ3v) is 2.94. The van der Waals surface area contributed by atoms with Crippen LogP contribution in [0.2, 0.25) is 0 Å². The number of hydrogen-bond donors (Lipinski definition) is 1. The fraction of sp³-hybridized carbons (Fsp3) is 0. The summed E-state index contributed by atoms with van der Waals surface area (Å²) in [5.74, 6) is -0.220. The van der Waals surface area contributed by atoms with Crippen molar-refractivity contribution in [1.29, 1.82) is 5.26 Å². The monoisotopic (exact) mass is 301 g/mol. The average Bonchev–Trinajstić information content (AvgIpc) is 2.42. The molecule has 0 radical (unpaired) electrons. The highest BCUT2D eigenvalue weighted by Gasteiger charge is 2.08. The molecule has 0 aliphatic carbocycles. The third kappa shape index (κ3) is 2.73. The minimum atomic E-state index is -0.220. The number of benzene rings is 1. The number of carbonyl (C=O) groups excluding carboxylic acids is 1. The first-order chi connectivity index (χ1) is 8.70. The average molecular weight is 302 g/mol. The van der Waals surface area contributed by atoms with E-state index in [0.717, 1.165) is 0 Å². The summed E-state index contributed by atoms with van der Waals surface area (Å²) in [6.07, 6.45) is 3.12. The first-order valence-electron chi connectivity index (χ1n) is 5.12. The zero-order valence-corrected chi connectivity index (χ0v) is 10.8. The first kappa shape index (κ1) is 12.3. The Bertz CT molecular complexity index is 620. The lowest BCUT2D eigenvalue weighted by Crippen LogP contribution is -2.12. The highest BCUT2D eigenvalue weighted by Crippen LogP contribution is 2.23. The van der Waals surface area contributed by atoms with Crippen LogP contribution >= 0.6 is 15.9 Å². The number of amides is 1. The second-order valence-electron chi connectivity index (χ2n) is 3.50. The van der Waals surface area contributed by atoms with E-state index in [-0.39, 0.29) is 5.91 Å². The van der Waals surface area contributed by atoms with Crippen molar-refractivity contribution in [1.82, 2.24) is 4.98 Å². The van der Waals surface area contributed by atoms with Gasteiger partial charge in [0.15, 0.2) is 0 Å². The number of nitriles is 1. The van der Waals surface area contributed by atoms with Crippen LogP contribution in [0.5, 0.6) is 0 Å². The summed E-state index contributed by atoms with van der Waals surface area (Å²) in [7, 11) is 0. The molecule has 1 heterocycles.